The minimum Gasteiger partial charge on any atom is -0.493 e. The third-order valence-electron chi connectivity index (χ3n) is 8.86. The van der Waals surface area contributed by atoms with E-state index in [4.69, 9.17) is 56.8 Å². The molecule has 6 rings (SSSR count). The maximum Gasteiger partial charge on any atom is 0.509 e. The number of methoxy groups -OCH3 is 2. The normalized spacial score (nSPS) is 20.7. The van der Waals surface area contributed by atoms with Gasteiger partial charge in [-0.25, -0.2) is 14.4 Å². The lowest BCUT2D eigenvalue weighted by Gasteiger charge is -2.43. The molecule has 0 aromatic heterocycles. The van der Waals surface area contributed by atoms with Crippen LogP contribution in [0.2, 0.25) is 0 Å². The first-order valence-electron chi connectivity index (χ1n) is 17.3. The lowest BCUT2D eigenvalue weighted by Crippen LogP contribution is -2.62. The van der Waals surface area contributed by atoms with Crippen molar-refractivity contribution in [3.05, 3.63) is 66.8 Å². The summed E-state index contributed by atoms with van der Waals surface area (Å²) in [5.41, 5.74) is 1.59. The number of hydrogen-bond acceptors (Lipinski definition) is 16. The predicted molar refractivity (Wildman–Crippen MR) is 190 cm³/mol. The first-order valence-corrected chi connectivity index (χ1v) is 17.3. The Kier molecular flexibility index (Phi) is 11.8. The van der Waals surface area contributed by atoms with Crippen molar-refractivity contribution in [3.63, 3.8) is 0 Å². The van der Waals surface area contributed by atoms with Gasteiger partial charge in [0, 0.05) is 22.9 Å². The smallest absolute Gasteiger partial charge is 0.493 e. The Labute approximate surface area is 315 Å². The van der Waals surface area contributed by atoms with Crippen LogP contribution in [0.25, 0.3) is 21.9 Å². The fourth-order valence-electron chi connectivity index (χ4n) is 6.46. The van der Waals surface area contributed by atoms with Crippen LogP contribution >= 0.6 is 0 Å². The molecule has 0 amide bonds. The first-order chi connectivity index (χ1) is 26.6. The van der Waals surface area contributed by atoms with E-state index in [9.17, 15) is 19.2 Å². The summed E-state index contributed by atoms with van der Waals surface area (Å²) in [7, 11) is 2.93. The molecule has 1 saturated heterocycles. The van der Waals surface area contributed by atoms with Gasteiger partial charge in [0.25, 0.3) is 0 Å². The SMILES string of the molecule is C=CCOC(=O)O[C@H]1[C@H](OC(=O)CCC)[C@@H](OC(=O)OCC=C)C(Oc2c3c(c(-c4ccc5c(c4)OCO5)c4cc(OC)c(OC)cc24)C(=O)OC3)O[C@@H]1C. The molecule has 3 aromatic carbocycles. The molecule has 0 bridgehead atoms. The van der Waals surface area contributed by atoms with Gasteiger partial charge >= 0.3 is 24.2 Å². The van der Waals surface area contributed by atoms with E-state index in [-0.39, 0.29) is 44.3 Å². The van der Waals surface area contributed by atoms with E-state index in [2.05, 4.69) is 13.2 Å². The summed E-state index contributed by atoms with van der Waals surface area (Å²) >= 11 is 0. The van der Waals surface area contributed by atoms with E-state index in [1.54, 1.807) is 44.2 Å². The molecule has 3 aliphatic heterocycles. The van der Waals surface area contributed by atoms with Crippen molar-refractivity contribution in [1.82, 2.24) is 0 Å². The number of rotatable bonds is 14. The molecule has 0 radical (unpaired) electrons. The van der Waals surface area contributed by atoms with Gasteiger partial charge in [-0.15, -0.1) is 0 Å². The molecule has 0 aliphatic carbocycles. The summed E-state index contributed by atoms with van der Waals surface area (Å²) in [5, 5.41) is 0.894. The Balaban J connectivity index is 1.52. The van der Waals surface area contributed by atoms with E-state index in [1.807, 2.05) is 0 Å². The fourth-order valence-corrected chi connectivity index (χ4v) is 6.46. The number of fused-ring (bicyclic) bond motifs is 3. The Hall–Kier alpha value is -6.16. The molecule has 5 atom stereocenters. The maximum atomic E-state index is 13.6. The number of benzene rings is 3. The van der Waals surface area contributed by atoms with Crippen molar-refractivity contribution in [2.75, 3.05) is 34.2 Å². The standard InChI is InChI=1S/C39H40O16/c1-7-10-29(40)52-34-32(54-38(42)46-13-8-2)20(4)51-37(35(34)55-39(43)47-14-9-3)53-33-23-17-27(45-6)26(44-5)16-22(23)30(31-24(33)18-48-36(31)41)21-11-12-25-28(15-21)50-19-49-25/h8-9,11-12,15-17,20,32,34-35,37H,2-3,7,10,13-14,18-19H2,1,4-6H3/t20-,32-,34+,35-,37?/m1/s1. The van der Waals surface area contributed by atoms with Crippen LogP contribution in [0.4, 0.5) is 9.59 Å². The van der Waals surface area contributed by atoms with Crippen molar-refractivity contribution >= 4 is 35.0 Å². The van der Waals surface area contributed by atoms with Crippen LogP contribution in [-0.4, -0.2) is 89.2 Å². The van der Waals surface area contributed by atoms with E-state index in [0.717, 1.165) is 0 Å². The molecular formula is C39H40O16. The second kappa shape index (κ2) is 16.9. The average molecular weight is 765 g/mol. The van der Waals surface area contributed by atoms with Crippen molar-refractivity contribution < 1.29 is 76.0 Å². The molecular weight excluding hydrogens is 724 g/mol. The van der Waals surface area contributed by atoms with Gasteiger partial charge in [-0.1, -0.05) is 38.3 Å². The number of carbonyl (C=O) groups is 4. The predicted octanol–water partition coefficient (Wildman–Crippen LogP) is 6.17. The number of carbonyl (C=O) groups excluding carboxylic acids is 4. The average Bonchev–Trinajstić information content (AvgIpc) is 3.81. The Morgan fingerprint density at radius 1 is 0.818 bits per heavy atom. The highest BCUT2D eigenvalue weighted by atomic mass is 16.8. The van der Waals surface area contributed by atoms with E-state index >= 15 is 0 Å². The number of esters is 2. The van der Waals surface area contributed by atoms with Crippen LogP contribution in [0.15, 0.2) is 55.6 Å². The highest BCUT2D eigenvalue weighted by molar-refractivity contribution is 6.14. The molecule has 0 spiro atoms. The minimum absolute atomic E-state index is 0.0148. The molecule has 55 heavy (non-hydrogen) atoms. The molecule has 292 valence electrons. The van der Waals surface area contributed by atoms with Crippen molar-refractivity contribution in [3.8, 4) is 39.9 Å². The second-order valence-corrected chi connectivity index (χ2v) is 12.4. The van der Waals surface area contributed by atoms with Crippen molar-refractivity contribution in [2.24, 2.45) is 0 Å². The lowest BCUT2D eigenvalue weighted by molar-refractivity contribution is -0.275. The summed E-state index contributed by atoms with van der Waals surface area (Å²) in [6, 6.07) is 8.61. The van der Waals surface area contributed by atoms with E-state index in [1.165, 1.54) is 26.4 Å². The summed E-state index contributed by atoms with van der Waals surface area (Å²) in [4.78, 5) is 52.4. The van der Waals surface area contributed by atoms with Crippen molar-refractivity contribution in [2.45, 2.75) is 64.0 Å². The van der Waals surface area contributed by atoms with Crippen LogP contribution in [0.5, 0.6) is 28.7 Å². The zero-order valence-electron chi connectivity index (χ0n) is 30.6. The number of ether oxygens (including phenoxy) is 12. The van der Waals surface area contributed by atoms with E-state index in [0.29, 0.717) is 56.9 Å². The van der Waals surface area contributed by atoms with Gasteiger partial charge in [-0.05, 0) is 48.6 Å². The van der Waals surface area contributed by atoms with Gasteiger partial charge in [-0.3, -0.25) is 4.79 Å². The summed E-state index contributed by atoms with van der Waals surface area (Å²) in [6.45, 7) is 9.81. The number of hydrogen-bond donors (Lipinski definition) is 0. The highest BCUT2D eigenvalue weighted by Gasteiger charge is 2.53. The molecule has 1 unspecified atom stereocenters. The Morgan fingerprint density at radius 2 is 1.47 bits per heavy atom. The highest BCUT2D eigenvalue weighted by Crippen LogP contribution is 2.50. The third kappa shape index (κ3) is 7.90. The summed E-state index contributed by atoms with van der Waals surface area (Å²) in [5.74, 6) is 0.450. The van der Waals surface area contributed by atoms with E-state index < -0.39 is 55.0 Å². The van der Waals surface area contributed by atoms with Crippen LogP contribution < -0.4 is 23.7 Å². The Bertz CT molecular complexity index is 1990. The van der Waals surface area contributed by atoms with Gasteiger partial charge < -0.3 is 56.8 Å². The van der Waals surface area contributed by atoms with Gasteiger partial charge in [0.2, 0.25) is 19.2 Å². The summed E-state index contributed by atoms with van der Waals surface area (Å²) < 4.78 is 68.3. The fraction of sp³-hybridized carbons (Fsp3) is 0.385. The van der Waals surface area contributed by atoms with Crippen molar-refractivity contribution in [1.29, 1.82) is 0 Å². The molecule has 16 nitrogen and oxygen atoms in total. The minimum atomic E-state index is -1.62. The largest absolute Gasteiger partial charge is 0.509 e. The first kappa shape index (κ1) is 38.6. The summed E-state index contributed by atoms with van der Waals surface area (Å²) in [6.07, 6.45) is -6.35. The zero-order valence-corrected chi connectivity index (χ0v) is 30.6. The number of cyclic esters (lactones) is 1. The van der Waals surface area contributed by atoms with Gasteiger partial charge in [-0.2, -0.15) is 0 Å². The van der Waals surface area contributed by atoms with Gasteiger partial charge in [0.05, 0.1) is 19.8 Å². The maximum absolute atomic E-state index is 13.6. The molecule has 0 saturated carbocycles. The lowest BCUT2D eigenvalue weighted by atomic mass is 9.89. The molecule has 3 heterocycles. The van der Waals surface area contributed by atoms with Crippen LogP contribution in [-0.2, 0) is 44.6 Å². The zero-order chi connectivity index (χ0) is 39.2. The van der Waals surface area contributed by atoms with Crippen LogP contribution in [0, 0.1) is 0 Å². The quantitative estimate of drug-likeness (QED) is 0.103. The topological polar surface area (TPSA) is 179 Å². The third-order valence-corrected chi connectivity index (χ3v) is 8.86. The van der Waals surface area contributed by atoms with Gasteiger partial charge in [0.1, 0.15) is 31.7 Å². The Morgan fingerprint density at radius 3 is 2.13 bits per heavy atom. The van der Waals surface area contributed by atoms with Crippen LogP contribution in [0.1, 0.15) is 42.6 Å². The van der Waals surface area contributed by atoms with Gasteiger partial charge in [0.15, 0.2) is 35.2 Å². The second-order valence-electron chi connectivity index (χ2n) is 12.4. The molecule has 16 heteroatoms. The van der Waals surface area contributed by atoms with Crippen LogP contribution in [0.3, 0.4) is 0 Å². The molecule has 1 fully saturated rings. The molecule has 3 aliphatic rings. The molecule has 3 aromatic rings. The molecule has 0 N–H and O–H groups in total. The monoisotopic (exact) mass is 764 g/mol.